The van der Waals surface area contributed by atoms with Crippen LogP contribution in [0.1, 0.15) is 29.3 Å². The van der Waals surface area contributed by atoms with E-state index in [2.05, 4.69) is 6.92 Å². The van der Waals surface area contributed by atoms with Gasteiger partial charge in [0.25, 0.3) is 0 Å². The molecule has 0 N–H and O–H groups in total. The highest BCUT2D eigenvalue weighted by atomic mass is 35.5. The van der Waals surface area contributed by atoms with Gasteiger partial charge in [-0.2, -0.15) is 0 Å². The molecule has 1 aromatic carbocycles. The Morgan fingerprint density at radius 2 is 2.25 bits per heavy atom. The second-order valence-corrected chi connectivity index (χ2v) is 3.15. The molecule has 0 amide bonds. The Bertz CT molecular complexity index is 281. The third-order valence-electron chi connectivity index (χ3n) is 1.75. The number of aldehydes is 1. The van der Waals surface area contributed by atoms with Gasteiger partial charge in [0.1, 0.15) is 6.29 Å². The van der Waals surface area contributed by atoms with Crippen LogP contribution in [0, 0.1) is 0 Å². The molecule has 0 aromatic heterocycles. The second kappa shape index (κ2) is 4.27. The number of hydrogen-bond acceptors (Lipinski definition) is 1. The summed E-state index contributed by atoms with van der Waals surface area (Å²) in [5.74, 6) is 0. The quantitative estimate of drug-likeness (QED) is 0.657. The van der Waals surface area contributed by atoms with Crippen molar-refractivity contribution in [2.45, 2.75) is 19.8 Å². The largest absolute Gasteiger partial charge is 0.298 e. The van der Waals surface area contributed by atoms with Crippen LogP contribution >= 0.6 is 11.6 Å². The molecule has 1 rings (SSSR count). The van der Waals surface area contributed by atoms with E-state index in [1.807, 2.05) is 12.1 Å². The Labute approximate surface area is 77.4 Å². The normalized spacial score (nSPS) is 9.83. The van der Waals surface area contributed by atoms with Crippen molar-refractivity contribution in [1.82, 2.24) is 0 Å². The van der Waals surface area contributed by atoms with E-state index < -0.39 is 0 Å². The summed E-state index contributed by atoms with van der Waals surface area (Å²) < 4.78 is 0. The van der Waals surface area contributed by atoms with Crippen molar-refractivity contribution in [3.8, 4) is 0 Å². The molecule has 0 aliphatic carbocycles. The van der Waals surface area contributed by atoms with Crippen LogP contribution in [0.15, 0.2) is 18.2 Å². The average Bonchev–Trinajstić information content (AvgIpc) is 2.08. The summed E-state index contributed by atoms with van der Waals surface area (Å²) in [6.07, 6.45) is 2.84. The van der Waals surface area contributed by atoms with E-state index in [0.717, 1.165) is 24.7 Å². The van der Waals surface area contributed by atoms with Gasteiger partial charge in [0.15, 0.2) is 0 Å². The molecule has 0 radical (unpaired) electrons. The first-order chi connectivity index (χ1) is 5.77. The molecule has 0 unspecified atom stereocenters. The lowest BCUT2D eigenvalue weighted by atomic mass is 10.0. The van der Waals surface area contributed by atoms with Gasteiger partial charge in [0, 0.05) is 10.6 Å². The summed E-state index contributed by atoms with van der Waals surface area (Å²) >= 11 is 5.74. The predicted octanol–water partition coefficient (Wildman–Crippen LogP) is 3.11. The van der Waals surface area contributed by atoms with Crippen LogP contribution in [0.3, 0.4) is 0 Å². The van der Waals surface area contributed by atoms with Crippen LogP contribution in [0.2, 0.25) is 5.02 Å². The Morgan fingerprint density at radius 1 is 1.50 bits per heavy atom. The van der Waals surface area contributed by atoms with E-state index in [1.165, 1.54) is 0 Å². The van der Waals surface area contributed by atoms with Crippen molar-refractivity contribution in [3.63, 3.8) is 0 Å². The molecular weight excluding hydrogens is 172 g/mol. The van der Waals surface area contributed by atoms with E-state index in [0.29, 0.717) is 10.6 Å². The van der Waals surface area contributed by atoms with Crippen LogP contribution in [-0.2, 0) is 6.42 Å². The van der Waals surface area contributed by atoms with Gasteiger partial charge >= 0.3 is 0 Å². The van der Waals surface area contributed by atoms with Crippen LogP contribution in [0.25, 0.3) is 0 Å². The van der Waals surface area contributed by atoms with E-state index in [-0.39, 0.29) is 0 Å². The van der Waals surface area contributed by atoms with E-state index in [1.54, 1.807) is 6.07 Å². The lowest BCUT2D eigenvalue weighted by Crippen LogP contribution is -1.91. The van der Waals surface area contributed by atoms with Crippen LogP contribution in [0.4, 0.5) is 0 Å². The summed E-state index contributed by atoms with van der Waals surface area (Å²) in [4.78, 5) is 10.6. The van der Waals surface area contributed by atoms with Crippen molar-refractivity contribution in [2.24, 2.45) is 0 Å². The van der Waals surface area contributed by atoms with Crippen molar-refractivity contribution in [3.05, 3.63) is 34.3 Å². The Kier molecular flexibility index (Phi) is 3.30. The highest BCUT2D eigenvalue weighted by molar-refractivity contribution is 6.30. The van der Waals surface area contributed by atoms with E-state index in [9.17, 15) is 4.79 Å². The highest BCUT2D eigenvalue weighted by Gasteiger charge is 2.00. The number of benzene rings is 1. The third kappa shape index (κ3) is 2.08. The summed E-state index contributed by atoms with van der Waals surface area (Å²) in [5.41, 5.74) is 1.79. The molecule has 0 saturated carbocycles. The van der Waals surface area contributed by atoms with Crippen LogP contribution in [-0.4, -0.2) is 6.29 Å². The van der Waals surface area contributed by atoms with E-state index in [4.69, 9.17) is 11.6 Å². The minimum absolute atomic E-state index is 0.622. The third-order valence-corrected chi connectivity index (χ3v) is 1.99. The molecule has 0 bridgehead atoms. The lowest BCUT2D eigenvalue weighted by Gasteiger charge is -2.02. The van der Waals surface area contributed by atoms with Gasteiger partial charge in [-0.3, -0.25) is 4.79 Å². The monoisotopic (exact) mass is 182 g/mol. The molecule has 2 heteroatoms. The van der Waals surface area contributed by atoms with E-state index >= 15 is 0 Å². The molecule has 0 saturated heterocycles. The lowest BCUT2D eigenvalue weighted by molar-refractivity contribution is 0.112. The first-order valence-electron chi connectivity index (χ1n) is 4.01. The van der Waals surface area contributed by atoms with Gasteiger partial charge < -0.3 is 0 Å². The Hall–Kier alpha value is -0.820. The minimum Gasteiger partial charge on any atom is -0.298 e. The zero-order valence-electron chi connectivity index (χ0n) is 7.01. The van der Waals surface area contributed by atoms with Crippen LogP contribution < -0.4 is 0 Å². The molecule has 1 nitrogen and oxygen atoms in total. The molecule has 0 spiro atoms. The number of carbonyl (C=O) groups excluding carboxylic acids is 1. The number of carbonyl (C=O) groups is 1. The fourth-order valence-corrected chi connectivity index (χ4v) is 1.35. The van der Waals surface area contributed by atoms with Gasteiger partial charge in [-0.15, -0.1) is 0 Å². The standard InChI is InChI=1S/C10H11ClO/c1-2-3-8-4-5-10(11)6-9(8)7-12/h4-7H,2-3H2,1H3. The summed E-state index contributed by atoms with van der Waals surface area (Å²) in [5, 5.41) is 0.622. The number of aryl methyl sites for hydroxylation is 1. The van der Waals surface area contributed by atoms with Gasteiger partial charge in [-0.25, -0.2) is 0 Å². The number of rotatable bonds is 3. The molecule has 0 aliphatic heterocycles. The fourth-order valence-electron chi connectivity index (χ4n) is 1.17. The van der Waals surface area contributed by atoms with Crippen molar-refractivity contribution in [1.29, 1.82) is 0 Å². The van der Waals surface area contributed by atoms with Gasteiger partial charge in [0.05, 0.1) is 0 Å². The summed E-state index contributed by atoms with van der Waals surface area (Å²) in [6, 6.07) is 5.44. The Morgan fingerprint density at radius 3 is 2.83 bits per heavy atom. The fraction of sp³-hybridized carbons (Fsp3) is 0.300. The predicted molar refractivity (Wildman–Crippen MR) is 50.8 cm³/mol. The molecule has 0 heterocycles. The van der Waals surface area contributed by atoms with Gasteiger partial charge in [0.2, 0.25) is 0 Å². The molecule has 12 heavy (non-hydrogen) atoms. The Balaban J connectivity index is 3.02. The van der Waals surface area contributed by atoms with Gasteiger partial charge in [-0.1, -0.05) is 31.0 Å². The molecule has 1 aromatic rings. The highest BCUT2D eigenvalue weighted by Crippen LogP contribution is 2.15. The number of halogens is 1. The SMILES string of the molecule is CCCc1ccc(Cl)cc1C=O. The molecule has 0 atom stereocenters. The first-order valence-corrected chi connectivity index (χ1v) is 4.39. The molecule has 0 fully saturated rings. The minimum atomic E-state index is 0.622. The summed E-state index contributed by atoms with van der Waals surface area (Å²) in [6.45, 7) is 2.09. The van der Waals surface area contributed by atoms with Crippen molar-refractivity contribution < 1.29 is 4.79 Å². The topological polar surface area (TPSA) is 17.1 Å². The zero-order valence-corrected chi connectivity index (χ0v) is 7.77. The smallest absolute Gasteiger partial charge is 0.150 e. The first kappa shape index (κ1) is 9.27. The number of hydrogen-bond donors (Lipinski definition) is 0. The van der Waals surface area contributed by atoms with Gasteiger partial charge in [-0.05, 0) is 24.1 Å². The molecule has 64 valence electrons. The zero-order chi connectivity index (χ0) is 8.97. The average molecular weight is 183 g/mol. The van der Waals surface area contributed by atoms with Crippen LogP contribution in [0.5, 0.6) is 0 Å². The maximum atomic E-state index is 10.6. The van der Waals surface area contributed by atoms with Crippen molar-refractivity contribution >= 4 is 17.9 Å². The second-order valence-electron chi connectivity index (χ2n) is 2.71. The maximum Gasteiger partial charge on any atom is 0.150 e. The van der Waals surface area contributed by atoms with Crippen molar-refractivity contribution in [2.75, 3.05) is 0 Å². The summed E-state index contributed by atoms with van der Waals surface area (Å²) in [7, 11) is 0. The molecular formula is C10H11ClO. The maximum absolute atomic E-state index is 10.6. The molecule has 0 aliphatic rings.